The summed E-state index contributed by atoms with van der Waals surface area (Å²) < 4.78 is 21.2. The van der Waals surface area contributed by atoms with Crippen LogP contribution in [0.4, 0.5) is 0 Å². The summed E-state index contributed by atoms with van der Waals surface area (Å²) in [5.74, 6) is 0.444. The summed E-state index contributed by atoms with van der Waals surface area (Å²) >= 11 is 3.73. The maximum absolute atomic E-state index is 10.3. The van der Waals surface area contributed by atoms with E-state index in [-0.39, 0.29) is 24.2 Å². The van der Waals surface area contributed by atoms with E-state index >= 15 is 0 Å². The number of methoxy groups -OCH3 is 1. The molecule has 0 amide bonds. The first-order chi connectivity index (χ1) is 19.3. The van der Waals surface area contributed by atoms with Crippen molar-refractivity contribution in [3.05, 3.63) is 51.8 Å². The van der Waals surface area contributed by atoms with Crippen molar-refractivity contribution in [2.75, 3.05) is 46.6 Å². The molecule has 2 aliphatic rings. The van der Waals surface area contributed by atoms with Gasteiger partial charge in [-0.25, -0.2) is 0 Å². The predicted octanol–water partition coefficient (Wildman–Crippen LogP) is 6.01. The Morgan fingerprint density at radius 2 is 2.02 bits per heavy atom. The first-order valence-corrected chi connectivity index (χ1v) is 15.4. The van der Waals surface area contributed by atoms with Crippen LogP contribution in [-0.2, 0) is 27.2 Å². The van der Waals surface area contributed by atoms with Crippen molar-refractivity contribution in [1.82, 2.24) is 14.9 Å². The average molecular weight is 615 g/mol. The molecule has 0 saturated carbocycles. The monoisotopic (exact) mass is 613 g/mol. The molecule has 2 saturated heterocycles. The Bertz CT molecular complexity index is 1300. The number of nitrogens with one attached hydrogen (secondary N) is 1. The maximum atomic E-state index is 10.3. The topological polar surface area (TPSA) is 77.8 Å². The normalized spacial score (nSPS) is 19.5. The van der Waals surface area contributed by atoms with Crippen LogP contribution in [0, 0.1) is 5.41 Å². The third-order valence-corrected chi connectivity index (χ3v) is 9.01. The highest BCUT2D eigenvalue weighted by Crippen LogP contribution is 2.42. The van der Waals surface area contributed by atoms with E-state index in [9.17, 15) is 5.11 Å². The van der Waals surface area contributed by atoms with Gasteiger partial charge in [-0.1, -0.05) is 29.8 Å². The Balaban J connectivity index is 1.69. The lowest BCUT2D eigenvalue weighted by Gasteiger charge is -2.25. The molecule has 5 rings (SSSR count). The number of hydrogen-bond donors (Lipinski definition) is 2. The molecule has 2 atom stereocenters. The number of rotatable bonds is 11. The third kappa shape index (κ3) is 6.48. The molecule has 3 aromatic rings. The van der Waals surface area contributed by atoms with E-state index in [1.165, 1.54) is 22.0 Å². The minimum atomic E-state index is -0.289. The highest BCUT2D eigenvalue weighted by atomic mass is 79.9. The number of fused-ring (bicyclic) bond motifs is 1. The lowest BCUT2D eigenvalue weighted by Crippen LogP contribution is -2.25. The molecule has 7 nitrogen and oxygen atoms in total. The Morgan fingerprint density at radius 1 is 1.23 bits per heavy atom. The molecule has 2 aromatic heterocycles. The molecule has 4 heterocycles. The van der Waals surface area contributed by atoms with E-state index in [0.29, 0.717) is 12.5 Å². The van der Waals surface area contributed by atoms with Gasteiger partial charge in [0.2, 0.25) is 0 Å². The van der Waals surface area contributed by atoms with Gasteiger partial charge < -0.3 is 29.2 Å². The minimum absolute atomic E-state index is 0.105. The van der Waals surface area contributed by atoms with Crippen molar-refractivity contribution >= 4 is 26.8 Å². The fraction of sp³-hybridized carbons (Fsp3) is 0.594. The van der Waals surface area contributed by atoms with E-state index in [0.717, 1.165) is 80.0 Å². The zero-order valence-corrected chi connectivity index (χ0v) is 25.9. The summed E-state index contributed by atoms with van der Waals surface area (Å²) in [7, 11) is 1.75. The van der Waals surface area contributed by atoms with Crippen LogP contribution in [0.5, 0.6) is 0 Å². The second kappa shape index (κ2) is 13.0. The van der Waals surface area contributed by atoms with Gasteiger partial charge in [0.1, 0.15) is 0 Å². The van der Waals surface area contributed by atoms with Crippen molar-refractivity contribution in [2.45, 2.75) is 71.1 Å². The SMILES string of the molecule is CO[C@@H](C)c1ncc([C@@H]2CCNC2)cc1-c1c(CC(C)(C)CO)c2cc(Br)ccc2n1CCOC1CCOCC1. The lowest BCUT2D eigenvalue weighted by atomic mass is 9.84. The summed E-state index contributed by atoms with van der Waals surface area (Å²) in [5.41, 5.74) is 6.58. The molecule has 1 aromatic carbocycles. The van der Waals surface area contributed by atoms with Crippen LogP contribution in [0.1, 0.15) is 68.9 Å². The Labute approximate surface area is 246 Å². The van der Waals surface area contributed by atoms with Gasteiger partial charge in [-0.2, -0.15) is 0 Å². The second-order valence-corrected chi connectivity index (χ2v) is 13.0. The number of ether oxygens (including phenoxy) is 3. The van der Waals surface area contributed by atoms with Gasteiger partial charge in [0.25, 0.3) is 0 Å². The smallest absolute Gasteiger partial charge is 0.0969 e. The quantitative estimate of drug-likeness (QED) is 0.276. The molecule has 0 bridgehead atoms. The van der Waals surface area contributed by atoms with Crippen LogP contribution in [0.15, 0.2) is 34.9 Å². The number of hydrogen-bond acceptors (Lipinski definition) is 6. The molecule has 2 N–H and O–H groups in total. The maximum Gasteiger partial charge on any atom is 0.0969 e. The Hall–Kier alpha value is -1.81. The predicted molar refractivity (Wildman–Crippen MR) is 163 cm³/mol. The number of nitrogens with zero attached hydrogens (tertiary/aromatic N) is 2. The molecule has 40 heavy (non-hydrogen) atoms. The van der Waals surface area contributed by atoms with Crippen LogP contribution in [0.2, 0.25) is 0 Å². The molecule has 2 fully saturated rings. The van der Waals surface area contributed by atoms with Gasteiger partial charge >= 0.3 is 0 Å². The standard InChI is InChI=1S/C32H44BrN3O4/c1-21(38-4)30-27(15-23(19-35-30)22-7-10-34-18-22)31-28(17-32(2,3)20-37)26-16-24(33)5-6-29(26)36(31)11-14-40-25-8-12-39-13-9-25/h5-6,15-16,19,21-22,25,34,37H,7-14,17-18,20H2,1-4H3/t21-,22+/m0/s1. The number of benzene rings is 1. The number of aliphatic hydroxyl groups excluding tert-OH is 1. The van der Waals surface area contributed by atoms with Crippen LogP contribution in [-0.4, -0.2) is 67.4 Å². The highest BCUT2D eigenvalue weighted by molar-refractivity contribution is 9.10. The van der Waals surface area contributed by atoms with Crippen LogP contribution in [0.25, 0.3) is 22.2 Å². The number of halogens is 1. The van der Waals surface area contributed by atoms with Gasteiger partial charge in [0, 0.05) is 67.2 Å². The lowest BCUT2D eigenvalue weighted by molar-refractivity contribution is -0.0336. The molecule has 0 unspecified atom stereocenters. The van der Waals surface area contributed by atoms with Crippen LogP contribution < -0.4 is 5.32 Å². The summed E-state index contributed by atoms with van der Waals surface area (Å²) in [5, 5.41) is 15.0. The number of pyridine rings is 1. The minimum Gasteiger partial charge on any atom is -0.396 e. The van der Waals surface area contributed by atoms with Gasteiger partial charge in [0.05, 0.1) is 30.2 Å². The fourth-order valence-corrected chi connectivity index (χ4v) is 6.44. The number of aromatic nitrogens is 2. The zero-order chi connectivity index (χ0) is 28.3. The molecule has 2 aliphatic heterocycles. The molecule has 8 heteroatoms. The van der Waals surface area contributed by atoms with Gasteiger partial charge in [-0.05, 0) is 85.9 Å². The van der Waals surface area contributed by atoms with E-state index < -0.39 is 0 Å². The van der Waals surface area contributed by atoms with Crippen LogP contribution >= 0.6 is 15.9 Å². The highest BCUT2D eigenvalue weighted by Gasteiger charge is 2.29. The van der Waals surface area contributed by atoms with Crippen molar-refractivity contribution in [3.8, 4) is 11.3 Å². The largest absolute Gasteiger partial charge is 0.396 e. The Kier molecular flexibility index (Phi) is 9.65. The van der Waals surface area contributed by atoms with E-state index in [4.69, 9.17) is 19.2 Å². The van der Waals surface area contributed by atoms with Crippen molar-refractivity contribution in [2.24, 2.45) is 5.41 Å². The summed E-state index contributed by atoms with van der Waals surface area (Å²) in [4.78, 5) is 5.04. The van der Waals surface area contributed by atoms with E-state index in [1.807, 2.05) is 6.20 Å². The summed E-state index contributed by atoms with van der Waals surface area (Å²) in [6, 6.07) is 8.88. The van der Waals surface area contributed by atoms with Crippen molar-refractivity contribution < 1.29 is 19.3 Å². The van der Waals surface area contributed by atoms with Gasteiger partial charge in [-0.15, -0.1) is 0 Å². The van der Waals surface area contributed by atoms with Gasteiger partial charge in [0.15, 0.2) is 0 Å². The van der Waals surface area contributed by atoms with Crippen molar-refractivity contribution in [3.63, 3.8) is 0 Å². The molecule has 0 spiro atoms. The summed E-state index contributed by atoms with van der Waals surface area (Å²) in [6.07, 6.45) is 5.85. The number of aliphatic hydroxyl groups is 1. The zero-order valence-electron chi connectivity index (χ0n) is 24.3. The molecule has 218 valence electrons. The van der Waals surface area contributed by atoms with Crippen LogP contribution in [0.3, 0.4) is 0 Å². The summed E-state index contributed by atoms with van der Waals surface area (Å²) in [6.45, 7) is 11.3. The molecular weight excluding hydrogens is 570 g/mol. The van der Waals surface area contributed by atoms with Gasteiger partial charge in [-0.3, -0.25) is 4.98 Å². The second-order valence-electron chi connectivity index (χ2n) is 12.1. The molecule has 0 aliphatic carbocycles. The third-order valence-electron chi connectivity index (χ3n) is 8.52. The van der Waals surface area contributed by atoms with E-state index in [1.54, 1.807) is 7.11 Å². The van der Waals surface area contributed by atoms with Crippen molar-refractivity contribution in [1.29, 1.82) is 0 Å². The average Bonchev–Trinajstić information content (AvgIpc) is 3.60. The first-order valence-electron chi connectivity index (χ1n) is 14.7. The molecule has 0 radical (unpaired) electrons. The molecular formula is C32H44BrN3O4. The fourth-order valence-electron chi connectivity index (χ4n) is 6.08. The first kappa shape index (κ1) is 29.7. The van der Waals surface area contributed by atoms with E-state index in [2.05, 4.69) is 70.9 Å². The Morgan fingerprint density at radius 3 is 2.73 bits per heavy atom.